The van der Waals surface area contributed by atoms with Crippen molar-refractivity contribution in [3.63, 3.8) is 0 Å². The van der Waals surface area contributed by atoms with Crippen molar-refractivity contribution in [1.29, 1.82) is 0 Å². The van der Waals surface area contributed by atoms with E-state index >= 15 is 0 Å². The zero-order chi connectivity index (χ0) is 11.8. The van der Waals surface area contributed by atoms with Crippen LogP contribution in [0.2, 0.25) is 0 Å². The summed E-state index contributed by atoms with van der Waals surface area (Å²) in [5.74, 6) is 0. The standard InChI is InChI=1S/C14H24N2/c1-3-7-14(12-15)16(2)11-10-13-8-5-4-6-9-13/h4-6,8-9,14H,3,7,10-12,15H2,1-2H3. The Morgan fingerprint density at radius 1 is 1.25 bits per heavy atom. The lowest BCUT2D eigenvalue weighted by Crippen LogP contribution is -2.38. The Morgan fingerprint density at radius 2 is 1.94 bits per heavy atom. The third kappa shape index (κ3) is 4.33. The van der Waals surface area contributed by atoms with Gasteiger partial charge in [-0.2, -0.15) is 0 Å². The molecule has 0 aliphatic carbocycles. The highest BCUT2D eigenvalue weighted by atomic mass is 15.1. The summed E-state index contributed by atoms with van der Waals surface area (Å²) in [7, 11) is 2.18. The minimum Gasteiger partial charge on any atom is -0.329 e. The molecular formula is C14H24N2. The van der Waals surface area contributed by atoms with E-state index in [-0.39, 0.29) is 0 Å². The number of nitrogens with two attached hydrogens (primary N) is 1. The number of hydrogen-bond acceptors (Lipinski definition) is 2. The Hall–Kier alpha value is -0.860. The van der Waals surface area contributed by atoms with Gasteiger partial charge in [0.05, 0.1) is 0 Å². The molecule has 16 heavy (non-hydrogen) atoms. The van der Waals surface area contributed by atoms with E-state index < -0.39 is 0 Å². The van der Waals surface area contributed by atoms with Crippen LogP contribution >= 0.6 is 0 Å². The molecule has 1 aromatic rings. The molecule has 0 fully saturated rings. The first-order chi connectivity index (χ1) is 7.77. The fourth-order valence-electron chi connectivity index (χ4n) is 1.98. The van der Waals surface area contributed by atoms with E-state index in [2.05, 4.69) is 49.2 Å². The monoisotopic (exact) mass is 220 g/mol. The summed E-state index contributed by atoms with van der Waals surface area (Å²) < 4.78 is 0. The molecule has 1 aromatic carbocycles. The van der Waals surface area contributed by atoms with Crippen LogP contribution in [-0.2, 0) is 6.42 Å². The number of rotatable bonds is 7. The second kappa shape index (κ2) is 7.42. The highest BCUT2D eigenvalue weighted by molar-refractivity contribution is 5.14. The third-order valence-corrected chi connectivity index (χ3v) is 3.11. The normalized spacial score (nSPS) is 13.0. The van der Waals surface area contributed by atoms with E-state index in [4.69, 9.17) is 5.73 Å². The maximum absolute atomic E-state index is 5.79. The zero-order valence-electron chi connectivity index (χ0n) is 10.5. The summed E-state index contributed by atoms with van der Waals surface area (Å²) in [4.78, 5) is 2.39. The summed E-state index contributed by atoms with van der Waals surface area (Å²) in [6.45, 7) is 4.07. The van der Waals surface area contributed by atoms with Gasteiger partial charge >= 0.3 is 0 Å². The van der Waals surface area contributed by atoms with E-state index in [9.17, 15) is 0 Å². The molecule has 0 heterocycles. The van der Waals surface area contributed by atoms with E-state index in [1.165, 1.54) is 18.4 Å². The third-order valence-electron chi connectivity index (χ3n) is 3.11. The lowest BCUT2D eigenvalue weighted by Gasteiger charge is -2.26. The number of likely N-dealkylation sites (N-methyl/N-ethyl adjacent to an activating group) is 1. The van der Waals surface area contributed by atoms with Gasteiger partial charge in [-0.15, -0.1) is 0 Å². The average Bonchev–Trinajstić information content (AvgIpc) is 2.34. The van der Waals surface area contributed by atoms with Crippen LogP contribution in [0.15, 0.2) is 30.3 Å². The first-order valence-corrected chi connectivity index (χ1v) is 6.22. The second-order valence-electron chi connectivity index (χ2n) is 4.39. The van der Waals surface area contributed by atoms with Crippen molar-refractivity contribution in [2.75, 3.05) is 20.1 Å². The van der Waals surface area contributed by atoms with Gasteiger partial charge in [-0.05, 0) is 25.5 Å². The topological polar surface area (TPSA) is 29.3 Å². The molecular weight excluding hydrogens is 196 g/mol. The fourth-order valence-corrected chi connectivity index (χ4v) is 1.98. The quantitative estimate of drug-likeness (QED) is 0.764. The number of nitrogens with zero attached hydrogens (tertiary/aromatic N) is 1. The van der Waals surface area contributed by atoms with Crippen LogP contribution in [0, 0.1) is 0 Å². The maximum Gasteiger partial charge on any atom is 0.0215 e. The van der Waals surface area contributed by atoms with E-state index in [1.807, 2.05) is 0 Å². The molecule has 0 aliphatic heterocycles. The van der Waals surface area contributed by atoms with Gasteiger partial charge in [0.15, 0.2) is 0 Å². The maximum atomic E-state index is 5.79. The Morgan fingerprint density at radius 3 is 2.50 bits per heavy atom. The lowest BCUT2D eigenvalue weighted by atomic mass is 10.1. The molecule has 2 N–H and O–H groups in total. The molecule has 2 nitrogen and oxygen atoms in total. The molecule has 0 aliphatic rings. The SMILES string of the molecule is CCCC(CN)N(C)CCc1ccccc1. The molecule has 0 saturated carbocycles. The molecule has 0 aromatic heterocycles. The highest BCUT2D eigenvalue weighted by Gasteiger charge is 2.11. The minimum atomic E-state index is 0.536. The molecule has 90 valence electrons. The first-order valence-electron chi connectivity index (χ1n) is 6.22. The van der Waals surface area contributed by atoms with Gasteiger partial charge in [0.1, 0.15) is 0 Å². The number of benzene rings is 1. The summed E-state index contributed by atoms with van der Waals surface area (Å²) in [6, 6.07) is 11.2. The molecule has 0 bridgehead atoms. The summed E-state index contributed by atoms with van der Waals surface area (Å²) in [6.07, 6.45) is 3.51. The summed E-state index contributed by atoms with van der Waals surface area (Å²) in [5.41, 5.74) is 7.19. The van der Waals surface area contributed by atoms with Crippen molar-refractivity contribution in [2.45, 2.75) is 32.2 Å². The smallest absolute Gasteiger partial charge is 0.0215 e. The zero-order valence-corrected chi connectivity index (χ0v) is 10.5. The van der Waals surface area contributed by atoms with Gasteiger partial charge in [-0.1, -0.05) is 43.7 Å². The van der Waals surface area contributed by atoms with Crippen molar-refractivity contribution in [1.82, 2.24) is 4.90 Å². The van der Waals surface area contributed by atoms with Crippen LogP contribution in [0.4, 0.5) is 0 Å². The van der Waals surface area contributed by atoms with Gasteiger partial charge < -0.3 is 10.6 Å². The van der Waals surface area contributed by atoms with Crippen molar-refractivity contribution in [2.24, 2.45) is 5.73 Å². The Balaban J connectivity index is 2.36. The van der Waals surface area contributed by atoms with Gasteiger partial charge in [-0.25, -0.2) is 0 Å². The van der Waals surface area contributed by atoms with Crippen LogP contribution in [0.1, 0.15) is 25.3 Å². The van der Waals surface area contributed by atoms with Gasteiger partial charge in [-0.3, -0.25) is 0 Å². The van der Waals surface area contributed by atoms with E-state index in [0.29, 0.717) is 6.04 Å². The van der Waals surface area contributed by atoms with Crippen molar-refractivity contribution in [3.05, 3.63) is 35.9 Å². The molecule has 0 radical (unpaired) electrons. The highest BCUT2D eigenvalue weighted by Crippen LogP contribution is 2.06. The molecule has 1 atom stereocenters. The molecule has 0 spiro atoms. The van der Waals surface area contributed by atoms with E-state index in [0.717, 1.165) is 19.5 Å². The van der Waals surface area contributed by atoms with Crippen molar-refractivity contribution >= 4 is 0 Å². The lowest BCUT2D eigenvalue weighted by molar-refractivity contribution is 0.236. The minimum absolute atomic E-state index is 0.536. The van der Waals surface area contributed by atoms with E-state index in [1.54, 1.807) is 0 Å². The molecule has 1 rings (SSSR count). The van der Waals surface area contributed by atoms with Crippen LogP contribution in [-0.4, -0.2) is 31.1 Å². The average molecular weight is 220 g/mol. The van der Waals surface area contributed by atoms with Crippen LogP contribution in [0.3, 0.4) is 0 Å². The molecule has 0 amide bonds. The number of hydrogen-bond donors (Lipinski definition) is 1. The predicted octanol–water partition coefficient (Wildman–Crippen LogP) is 2.29. The molecule has 0 saturated heterocycles. The summed E-state index contributed by atoms with van der Waals surface area (Å²) in [5, 5.41) is 0. The van der Waals surface area contributed by atoms with Crippen LogP contribution in [0.5, 0.6) is 0 Å². The first kappa shape index (κ1) is 13.2. The van der Waals surface area contributed by atoms with Gasteiger partial charge in [0.2, 0.25) is 0 Å². The van der Waals surface area contributed by atoms with Gasteiger partial charge in [0.25, 0.3) is 0 Å². The summed E-state index contributed by atoms with van der Waals surface area (Å²) >= 11 is 0. The Bertz CT molecular complexity index is 271. The van der Waals surface area contributed by atoms with Crippen molar-refractivity contribution < 1.29 is 0 Å². The fraction of sp³-hybridized carbons (Fsp3) is 0.571. The Labute approximate surface area is 99.5 Å². The largest absolute Gasteiger partial charge is 0.329 e. The Kier molecular flexibility index (Phi) is 6.12. The predicted molar refractivity (Wildman–Crippen MR) is 70.5 cm³/mol. The van der Waals surface area contributed by atoms with Crippen molar-refractivity contribution in [3.8, 4) is 0 Å². The molecule has 1 unspecified atom stereocenters. The van der Waals surface area contributed by atoms with Crippen LogP contribution in [0.25, 0.3) is 0 Å². The second-order valence-corrected chi connectivity index (χ2v) is 4.39. The molecule has 2 heteroatoms. The van der Waals surface area contributed by atoms with Crippen LogP contribution < -0.4 is 5.73 Å². The van der Waals surface area contributed by atoms with Gasteiger partial charge in [0, 0.05) is 19.1 Å².